The van der Waals surface area contributed by atoms with Gasteiger partial charge in [-0.2, -0.15) is 0 Å². The Labute approximate surface area is 109 Å². The van der Waals surface area contributed by atoms with Gasteiger partial charge in [-0.15, -0.1) is 0 Å². The fourth-order valence-electron chi connectivity index (χ4n) is 1.45. The van der Waals surface area contributed by atoms with Crippen molar-refractivity contribution in [2.24, 2.45) is 5.41 Å². The average molecular weight is 244 g/mol. The molecule has 0 N–H and O–H groups in total. The number of carbonyl (C=O) groups is 1. The molecule has 2 nitrogen and oxygen atoms in total. The summed E-state index contributed by atoms with van der Waals surface area (Å²) in [6, 6.07) is 5.57. The minimum Gasteiger partial charge on any atom is -0.480 e. The van der Waals surface area contributed by atoms with Gasteiger partial charge in [0.05, 0.1) is 5.56 Å². The first-order valence-corrected chi connectivity index (χ1v) is 6.04. The van der Waals surface area contributed by atoms with E-state index in [1.807, 2.05) is 39.8 Å². The third-order valence-corrected chi connectivity index (χ3v) is 2.28. The van der Waals surface area contributed by atoms with Crippen LogP contribution in [0.3, 0.4) is 0 Å². The van der Waals surface area contributed by atoms with Crippen molar-refractivity contribution in [3.05, 3.63) is 29.3 Å². The van der Waals surface area contributed by atoms with Gasteiger partial charge >= 0.3 is 0 Å². The highest BCUT2D eigenvalue weighted by Crippen LogP contribution is 2.20. The highest BCUT2D eigenvalue weighted by Gasteiger charge is 2.08. The van der Waals surface area contributed by atoms with Crippen molar-refractivity contribution in [1.29, 1.82) is 0 Å². The van der Waals surface area contributed by atoms with E-state index in [0.717, 1.165) is 5.56 Å². The zero-order valence-corrected chi connectivity index (χ0v) is 11.8. The summed E-state index contributed by atoms with van der Waals surface area (Å²) < 4.78 is 5.58. The van der Waals surface area contributed by atoms with E-state index in [9.17, 15) is 4.79 Å². The second-order valence-corrected chi connectivity index (χ2v) is 5.40. The molecule has 1 rings (SSSR count). The topological polar surface area (TPSA) is 26.3 Å². The number of benzene rings is 1. The van der Waals surface area contributed by atoms with E-state index in [0.29, 0.717) is 17.9 Å². The van der Waals surface area contributed by atoms with Crippen LogP contribution in [0.25, 0.3) is 0 Å². The Morgan fingerprint density at radius 2 is 2.00 bits per heavy atom. The van der Waals surface area contributed by atoms with Crippen LogP contribution >= 0.6 is 0 Å². The molecular formula is C16H20O2. The smallest absolute Gasteiger partial charge is 0.163 e. The first-order valence-electron chi connectivity index (χ1n) is 6.04. The van der Waals surface area contributed by atoms with Crippen LogP contribution in [0.2, 0.25) is 0 Å². The summed E-state index contributed by atoms with van der Waals surface area (Å²) in [4.78, 5) is 11.5. The summed E-state index contributed by atoms with van der Waals surface area (Å²) in [5, 5.41) is 0. The quantitative estimate of drug-likeness (QED) is 0.599. The third-order valence-electron chi connectivity index (χ3n) is 2.28. The lowest BCUT2D eigenvalue weighted by atomic mass is 9.98. The maximum atomic E-state index is 11.5. The van der Waals surface area contributed by atoms with Crippen LogP contribution in [0.5, 0.6) is 5.75 Å². The number of hydrogen-bond acceptors (Lipinski definition) is 2. The van der Waals surface area contributed by atoms with Gasteiger partial charge in [0.15, 0.2) is 5.78 Å². The molecule has 0 atom stereocenters. The number of aryl methyl sites for hydroxylation is 1. The van der Waals surface area contributed by atoms with Gasteiger partial charge < -0.3 is 4.74 Å². The second-order valence-electron chi connectivity index (χ2n) is 5.40. The van der Waals surface area contributed by atoms with E-state index in [2.05, 4.69) is 11.8 Å². The fourth-order valence-corrected chi connectivity index (χ4v) is 1.45. The van der Waals surface area contributed by atoms with Gasteiger partial charge in [0.1, 0.15) is 12.4 Å². The Morgan fingerprint density at radius 1 is 1.33 bits per heavy atom. The van der Waals surface area contributed by atoms with Gasteiger partial charge in [-0.3, -0.25) is 4.79 Å². The average Bonchev–Trinajstić information content (AvgIpc) is 2.22. The fraction of sp³-hybridized carbons (Fsp3) is 0.438. The van der Waals surface area contributed by atoms with Crippen LogP contribution in [-0.2, 0) is 0 Å². The zero-order chi connectivity index (χ0) is 13.8. The van der Waals surface area contributed by atoms with Crippen LogP contribution in [-0.4, -0.2) is 12.4 Å². The Balaban J connectivity index is 2.80. The van der Waals surface area contributed by atoms with E-state index >= 15 is 0 Å². The molecule has 0 bridgehead atoms. The van der Waals surface area contributed by atoms with Gasteiger partial charge in [0.25, 0.3) is 0 Å². The Kier molecular flexibility index (Phi) is 4.55. The highest BCUT2D eigenvalue weighted by atomic mass is 16.5. The van der Waals surface area contributed by atoms with E-state index in [4.69, 9.17) is 4.74 Å². The number of hydrogen-bond donors (Lipinski definition) is 0. The summed E-state index contributed by atoms with van der Waals surface area (Å²) in [5.41, 5.74) is 1.65. The third kappa shape index (κ3) is 4.63. The molecule has 18 heavy (non-hydrogen) atoms. The summed E-state index contributed by atoms with van der Waals surface area (Å²) in [7, 11) is 0. The maximum Gasteiger partial charge on any atom is 0.163 e. The minimum atomic E-state index is -0.0284. The predicted molar refractivity (Wildman–Crippen MR) is 73.9 cm³/mol. The molecule has 0 heterocycles. The summed E-state index contributed by atoms with van der Waals surface area (Å²) in [5.74, 6) is 6.70. The molecule has 0 fully saturated rings. The van der Waals surface area contributed by atoms with Gasteiger partial charge in [-0.1, -0.05) is 17.9 Å². The lowest BCUT2D eigenvalue weighted by molar-refractivity contribution is 0.101. The molecule has 0 aliphatic carbocycles. The summed E-state index contributed by atoms with van der Waals surface area (Å²) in [6.07, 6.45) is 0. The summed E-state index contributed by atoms with van der Waals surface area (Å²) >= 11 is 0. The minimum absolute atomic E-state index is 0.00813. The Bertz CT molecular complexity index is 496. The van der Waals surface area contributed by atoms with Crippen molar-refractivity contribution >= 4 is 5.78 Å². The first kappa shape index (κ1) is 14.3. The second kappa shape index (κ2) is 5.73. The van der Waals surface area contributed by atoms with Gasteiger partial charge in [-0.25, -0.2) is 0 Å². The molecule has 96 valence electrons. The number of rotatable bonds is 3. The molecule has 0 spiro atoms. The lowest BCUT2D eigenvalue weighted by Crippen LogP contribution is -2.04. The van der Waals surface area contributed by atoms with Gasteiger partial charge in [0.2, 0.25) is 0 Å². The molecule has 0 amide bonds. The molecule has 1 aromatic rings. The van der Waals surface area contributed by atoms with Crippen molar-refractivity contribution in [1.82, 2.24) is 0 Å². The Morgan fingerprint density at radius 3 is 2.56 bits per heavy atom. The molecule has 0 saturated heterocycles. The molecular weight excluding hydrogens is 224 g/mol. The number of carbonyl (C=O) groups excluding carboxylic acids is 1. The van der Waals surface area contributed by atoms with E-state index in [-0.39, 0.29) is 11.2 Å². The number of ketones is 1. The molecule has 1 aromatic carbocycles. The summed E-state index contributed by atoms with van der Waals surface area (Å²) in [6.45, 7) is 9.96. The number of ether oxygens (including phenoxy) is 1. The monoisotopic (exact) mass is 244 g/mol. The Hall–Kier alpha value is -1.75. The zero-order valence-electron chi connectivity index (χ0n) is 11.8. The largest absolute Gasteiger partial charge is 0.480 e. The first-order chi connectivity index (χ1) is 8.29. The van der Waals surface area contributed by atoms with Crippen molar-refractivity contribution < 1.29 is 9.53 Å². The molecule has 0 aliphatic rings. The van der Waals surface area contributed by atoms with Gasteiger partial charge in [-0.05, 0) is 52.3 Å². The van der Waals surface area contributed by atoms with E-state index < -0.39 is 0 Å². The SMILES string of the molecule is CC(=O)c1ccc(C)cc1OCC#CC(C)(C)C. The number of Topliss-reactive ketones (excluding diaryl/α,β-unsaturated/α-hetero) is 1. The van der Waals surface area contributed by atoms with Crippen LogP contribution in [0.4, 0.5) is 0 Å². The van der Waals surface area contributed by atoms with Crippen molar-refractivity contribution in [2.75, 3.05) is 6.61 Å². The van der Waals surface area contributed by atoms with Gasteiger partial charge in [0, 0.05) is 5.41 Å². The van der Waals surface area contributed by atoms with Crippen LogP contribution in [0.15, 0.2) is 18.2 Å². The van der Waals surface area contributed by atoms with E-state index in [1.165, 1.54) is 0 Å². The predicted octanol–water partition coefficient (Wildman–Crippen LogP) is 3.63. The molecule has 0 saturated carbocycles. The van der Waals surface area contributed by atoms with Crippen molar-refractivity contribution in [2.45, 2.75) is 34.6 Å². The maximum absolute atomic E-state index is 11.5. The van der Waals surface area contributed by atoms with Crippen LogP contribution in [0.1, 0.15) is 43.6 Å². The normalized spacial score (nSPS) is 10.5. The van der Waals surface area contributed by atoms with Crippen molar-refractivity contribution in [3.8, 4) is 17.6 Å². The highest BCUT2D eigenvalue weighted by molar-refractivity contribution is 5.96. The lowest BCUT2D eigenvalue weighted by Gasteiger charge is -2.09. The van der Waals surface area contributed by atoms with Crippen LogP contribution < -0.4 is 4.74 Å². The van der Waals surface area contributed by atoms with E-state index in [1.54, 1.807) is 13.0 Å². The molecule has 2 heteroatoms. The van der Waals surface area contributed by atoms with Crippen molar-refractivity contribution in [3.63, 3.8) is 0 Å². The molecule has 0 aliphatic heterocycles. The molecule has 0 unspecified atom stereocenters. The molecule has 0 radical (unpaired) electrons. The molecule has 0 aromatic heterocycles. The van der Waals surface area contributed by atoms with Crippen LogP contribution in [0, 0.1) is 24.2 Å². The standard InChI is InChI=1S/C16H20O2/c1-12-7-8-14(13(2)17)15(11-12)18-10-6-9-16(3,4)5/h7-8,11H,10H2,1-5H3.